The lowest BCUT2D eigenvalue weighted by atomic mass is 9.98. The number of ether oxygens (including phenoxy) is 2. The lowest BCUT2D eigenvalue weighted by Crippen LogP contribution is -2.60. The molecule has 10 nitrogen and oxygen atoms in total. The van der Waals surface area contributed by atoms with Gasteiger partial charge >= 0.3 is 0 Å². The van der Waals surface area contributed by atoms with Crippen LogP contribution in [-0.2, 0) is 14.3 Å². The number of aliphatic hydroxyl groups is 6. The van der Waals surface area contributed by atoms with E-state index < -0.39 is 55.6 Å². The highest BCUT2D eigenvalue weighted by molar-refractivity contribution is 5.76. The monoisotopic (exact) mass is 774 g/mol. The Labute approximate surface area is 330 Å². The normalized spacial score (nSPS) is 22.0. The summed E-state index contributed by atoms with van der Waals surface area (Å²) in [5.41, 5.74) is 0. The Hall–Kier alpha value is -0.850. The number of carbonyl (C=O) groups is 1. The summed E-state index contributed by atoms with van der Waals surface area (Å²) in [6.45, 7) is 3.61. The predicted octanol–water partition coefficient (Wildman–Crippen LogP) is 8.14. The van der Waals surface area contributed by atoms with E-state index in [1.807, 2.05) is 0 Å². The first-order valence-corrected chi connectivity index (χ1v) is 22.8. The Bertz CT molecular complexity index is 834. The molecule has 1 rings (SSSR count). The van der Waals surface area contributed by atoms with Gasteiger partial charge in [0.1, 0.15) is 30.5 Å². The van der Waals surface area contributed by atoms with Gasteiger partial charge in [-0.05, 0) is 12.8 Å². The first-order chi connectivity index (χ1) is 26.3. The van der Waals surface area contributed by atoms with Crippen molar-refractivity contribution in [2.75, 3.05) is 13.2 Å². The van der Waals surface area contributed by atoms with Crippen LogP contribution in [0.1, 0.15) is 213 Å². The fourth-order valence-corrected chi connectivity index (χ4v) is 7.55. The van der Waals surface area contributed by atoms with Gasteiger partial charge in [0, 0.05) is 6.42 Å². The van der Waals surface area contributed by atoms with Crippen molar-refractivity contribution in [3.8, 4) is 0 Å². The fraction of sp³-hybridized carbons (Fsp3) is 0.977. The van der Waals surface area contributed by atoms with Gasteiger partial charge < -0.3 is 45.4 Å². The van der Waals surface area contributed by atoms with E-state index >= 15 is 0 Å². The molecule has 0 aromatic carbocycles. The van der Waals surface area contributed by atoms with Crippen LogP contribution in [0.2, 0.25) is 0 Å². The van der Waals surface area contributed by atoms with E-state index in [1.165, 1.54) is 148 Å². The molecule has 8 atom stereocenters. The summed E-state index contributed by atoms with van der Waals surface area (Å²) in [6.07, 6.45) is 26.8. The van der Waals surface area contributed by atoms with E-state index in [0.29, 0.717) is 6.42 Å². The van der Waals surface area contributed by atoms with E-state index in [9.17, 15) is 35.4 Å². The Morgan fingerprint density at radius 1 is 0.574 bits per heavy atom. The largest absolute Gasteiger partial charge is 0.394 e. The van der Waals surface area contributed by atoms with Crippen molar-refractivity contribution < 1.29 is 44.9 Å². The summed E-state index contributed by atoms with van der Waals surface area (Å²) in [5, 5.41) is 65.1. The molecular weight excluding hydrogens is 686 g/mol. The maximum absolute atomic E-state index is 13.0. The van der Waals surface area contributed by atoms with Gasteiger partial charge in [0.2, 0.25) is 5.91 Å². The second kappa shape index (κ2) is 35.3. The average molecular weight is 774 g/mol. The van der Waals surface area contributed by atoms with E-state index in [0.717, 1.165) is 38.5 Å². The molecule has 0 aromatic rings. The Kier molecular flexibility index (Phi) is 33.5. The van der Waals surface area contributed by atoms with Crippen LogP contribution in [0.4, 0.5) is 0 Å². The minimum absolute atomic E-state index is 0.255. The molecule has 0 spiro atoms. The number of rotatable bonds is 38. The van der Waals surface area contributed by atoms with Crippen molar-refractivity contribution in [1.82, 2.24) is 5.32 Å². The van der Waals surface area contributed by atoms with Crippen LogP contribution in [0.5, 0.6) is 0 Å². The molecule has 1 saturated heterocycles. The molecule has 1 aliphatic heterocycles. The summed E-state index contributed by atoms with van der Waals surface area (Å²) in [6, 6.07) is -0.983. The molecule has 0 aromatic heterocycles. The van der Waals surface area contributed by atoms with Gasteiger partial charge in [-0.3, -0.25) is 4.79 Å². The molecule has 0 saturated carbocycles. The van der Waals surface area contributed by atoms with Gasteiger partial charge in [-0.2, -0.15) is 0 Å². The van der Waals surface area contributed by atoms with Crippen molar-refractivity contribution in [2.24, 2.45) is 0 Å². The van der Waals surface area contributed by atoms with Crippen molar-refractivity contribution >= 4 is 5.91 Å². The third kappa shape index (κ3) is 25.4. The highest BCUT2D eigenvalue weighted by atomic mass is 16.7. The van der Waals surface area contributed by atoms with Crippen LogP contribution < -0.4 is 5.32 Å². The molecule has 7 N–H and O–H groups in total. The van der Waals surface area contributed by atoms with Crippen LogP contribution in [0.25, 0.3) is 0 Å². The Morgan fingerprint density at radius 3 is 1.37 bits per heavy atom. The summed E-state index contributed by atoms with van der Waals surface area (Å²) in [5.74, 6) is -0.255. The van der Waals surface area contributed by atoms with Crippen molar-refractivity contribution in [2.45, 2.75) is 262 Å². The maximum Gasteiger partial charge on any atom is 0.220 e. The van der Waals surface area contributed by atoms with Gasteiger partial charge in [-0.15, -0.1) is 0 Å². The van der Waals surface area contributed by atoms with Crippen LogP contribution in [0, 0.1) is 0 Å². The molecule has 54 heavy (non-hydrogen) atoms. The third-order valence-electron chi connectivity index (χ3n) is 11.3. The van der Waals surface area contributed by atoms with Gasteiger partial charge in [0.15, 0.2) is 6.29 Å². The molecule has 2 unspecified atom stereocenters. The Balaban J connectivity index is 2.38. The standard InChI is InChI=1S/C44H87NO9/c1-3-5-7-9-11-13-15-17-18-19-20-21-23-25-27-29-31-33-39(48)45-36(35-53-44-43(52)42(51)41(50)38(34-46)54-44)40(49)37(47)32-30-28-26-24-22-16-14-12-10-8-6-4-2/h36-38,40-44,46-47,49-52H,3-35H2,1-2H3,(H,45,48)/t36-,37+,38?,40-,41-,42-,43?,44-/m0/s1. The van der Waals surface area contributed by atoms with Crippen LogP contribution in [0.15, 0.2) is 0 Å². The summed E-state index contributed by atoms with van der Waals surface area (Å²) < 4.78 is 11.1. The summed E-state index contributed by atoms with van der Waals surface area (Å²) in [7, 11) is 0. The van der Waals surface area contributed by atoms with E-state index in [1.54, 1.807) is 0 Å². The molecule has 0 radical (unpaired) electrons. The average Bonchev–Trinajstić information content (AvgIpc) is 3.17. The zero-order chi connectivity index (χ0) is 39.7. The molecule has 0 aliphatic carbocycles. The molecule has 0 bridgehead atoms. The van der Waals surface area contributed by atoms with Crippen LogP contribution >= 0.6 is 0 Å². The zero-order valence-electron chi connectivity index (χ0n) is 34.9. The lowest BCUT2D eigenvalue weighted by molar-refractivity contribution is -0.303. The predicted molar refractivity (Wildman–Crippen MR) is 218 cm³/mol. The van der Waals surface area contributed by atoms with Crippen molar-refractivity contribution in [3.05, 3.63) is 0 Å². The molecule has 1 fully saturated rings. The Morgan fingerprint density at radius 2 is 0.963 bits per heavy atom. The number of hydrogen-bond acceptors (Lipinski definition) is 9. The number of aliphatic hydroxyl groups excluding tert-OH is 6. The highest BCUT2D eigenvalue weighted by Crippen LogP contribution is 2.23. The lowest BCUT2D eigenvalue weighted by Gasteiger charge is -2.40. The SMILES string of the molecule is CCCCCCCCCCCCCCCCCCCC(=O)N[C@@H](CO[C@H]1OC(CO)[C@H](O)[C@H](O)C1O)[C@H](O)[C@H](O)CCCCCCCCCCCCCC. The smallest absolute Gasteiger partial charge is 0.220 e. The number of nitrogens with one attached hydrogen (secondary N) is 1. The second-order valence-corrected chi connectivity index (χ2v) is 16.3. The minimum Gasteiger partial charge on any atom is -0.394 e. The number of carbonyl (C=O) groups excluding carboxylic acids is 1. The summed E-state index contributed by atoms with van der Waals surface area (Å²) >= 11 is 0. The van der Waals surface area contributed by atoms with E-state index in [-0.39, 0.29) is 18.9 Å². The van der Waals surface area contributed by atoms with Crippen molar-refractivity contribution in [1.29, 1.82) is 0 Å². The van der Waals surface area contributed by atoms with Crippen molar-refractivity contribution in [3.63, 3.8) is 0 Å². The molecule has 322 valence electrons. The molecule has 1 aliphatic rings. The first kappa shape index (κ1) is 51.2. The second-order valence-electron chi connectivity index (χ2n) is 16.3. The third-order valence-corrected chi connectivity index (χ3v) is 11.3. The van der Waals surface area contributed by atoms with Gasteiger partial charge in [0.05, 0.1) is 25.4 Å². The van der Waals surface area contributed by atoms with Crippen LogP contribution in [0.3, 0.4) is 0 Å². The quantitative estimate of drug-likeness (QED) is 0.0306. The van der Waals surface area contributed by atoms with E-state index in [4.69, 9.17) is 9.47 Å². The van der Waals surface area contributed by atoms with E-state index in [2.05, 4.69) is 19.2 Å². The van der Waals surface area contributed by atoms with Gasteiger partial charge in [-0.1, -0.05) is 194 Å². The van der Waals surface area contributed by atoms with Gasteiger partial charge in [-0.25, -0.2) is 0 Å². The molecule has 10 heteroatoms. The first-order valence-electron chi connectivity index (χ1n) is 22.8. The zero-order valence-corrected chi connectivity index (χ0v) is 34.9. The number of hydrogen-bond donors (Lipinski definition) is 7. The molecule has 1 heterocycles. The molecule has 1 amide bonds. The number of amides is 1. The topological polar surface area (TPSA) is 169 Å². The highest BCUT2D eigenvalue weighted by Gasteiger charge is 2.44. The van der Waals surface area contributed by atoms with Crippen LogP contribution in [-0.4, -0.2) is 98.7 Å². The molecular formula is C44H87NO9. The number of unbranched alkanes of at least 4 members (excludes halogenated alkanes) is 27. The fourth-order valence-electron chi connectivity index (χ4n) is 7.55. The van der Waals surface area contributed by atoms with Gasteiger partial charge in [0.25, 0.3) is 0 Å². The minimum atomic E-state index is -1.60. The maximum atomic E-state index is 13.0. The summed E-state index contributed by atoms with van der Waals surface area (Å²) in [4.78, 5) is 13.0.